The van der Waals surface area contributed by atoms with E-state index in [1.165, 1.54) is 34.6 Å². The minimum absolute atomic E-state index is 0.0498. The van der Waals surface area contributed by atoms with Gasteiger partial charge in [0.05, 0.1) is 11.4 Å². The summed E-state index contributed by atoms with van der Waals surface area (Å²) in [6, 6.07) is 21.3. The quantitative estimate of drug-likeness (QED) is 0.193. The Morgan fingerprint density at radius 2 is 1.67 bits per heavy atom. The van der Waals surface area contributed by atoms with Crippen LogP contribution in [0.5, 0.6) is 0 Å². The second-order valence-electron chi connectivity index (χ2n) is 8.37. The first-order chi connectivity index (χ1) is 18.7. The van der Waals surface area contributed by atoms with Crippen LogP contribution in [0.1, 0.15) is 22.6 Å². The van der Waals surface area contributed by atoms with Gasteiger partial charge >= 0.3 is 0 Å². The van der Waals surface area contributed by atoms with Gasteiger partial charge in [-0.05, 0) is 65.7 Å². The fourth-order valence-electron chi connectivity index (χ4n) is 3.58. The number of rotatable bonds is 10. The van der Waals surface area contributed by atoms with Gasteiger partial charge in [-0.3, -0.25) is 9.78 Å². The van der Waals surface area contributed by atoms with Crippen LogP contribution in [-0.4, -0.2) is 23.6 Å². The zero-order chi connectivity index (χ0) is 27.8. The topological polar surface area (TPSA) is 116 Å². The average molecular weight is 581 g/mol. The molecule has 0 radical (unpaired) electrons. The van der Waals surface area contributed by atoms with E-state index in [1.54, 1.807) is 60.9 Å². The van der Waals surface area contributed by atoms with Gasteiger partial charge in [-0.15, -0.1) is 0 Å². The molecule has 0 aliphatic carbocycles. The highest BCUT2D eigenvalue weighted by molar-refractivity contribution is 7.89. The summed E-state index contributed by atoms with van der Waals surface area (Å²) in [5.41, 5.74) is 1.35. The summed E-state index contributed by atoms with van der Waals surface area (Å²) in [4.78, 5) is 16.6. The van der Waals surface area contributed by atoms with Gasteiger partial charge < -0.3 is 9.73 Å². The first-order valence-corrected chi connectivity index (χ1v) is 13.8. The number of sulfonamides is 1. The number of benzene rings is 2. The van der Waals surface area contributed by atoms with E-state index in [4.69, 9.17) is 27.6 Å². The highest BCUT2D eigenvalue weighted by Gasteiger charge is 2.26. The van der Waals surface area contributed by atoms with Crippen LogP contribution in [0.3, 0.4) is 0 Å². The lowest BCUT2D eigenvalue weighted by Gasteiger charge is -2.21. The molecule has 198 valence electrons. The SMILES string of the molecule is N#C/C(=C/c1ccc(CN(Cc2ccc(Cl)cc2)S(=O)(=O)c2ccc(Cl)cc2)o1)C(=O)NCc1cccnc1. The van der Waals surface area contributed by atoms with Gasteiger partial charge in [-0.25, -0.2) is 8.42 Å². The highest BCUT2D eigenvalue weighted by Crippen LogP contribution is 2.24. The van der Waals surface area contributed by atoms with Crippen LogP contribution in [0.4, 0.5) is 0 Å². The third-order valence-corrected chi connectivity index (χ3v) is 7.88. The number of nitrogens with zero attached hydrogens (tertiary/aromatic N) is 3. The summed E-state index contributed by atoms with van der Waals surface area (Å²) in [5.74, 6) is -0.0248. The summed E-state index contributed by atoms with van der Waals surface area (Å²) < 4.78 is 34.1. The Balaban J connectivity index is 1.54. The molecule has 4 rings (SSSR count). The van der Waals surface area contributed by atoms with E-state index in [2.05, 4.69) is 10.3 Å². The Morgan fingerprint density at radius 1 is 0.974 bits per heavy atom. The Kier molecular flexibility index (Phi) is 9.17. The predicted molar refractivity (Wildman–Crippen MR) is 148 cm³/mol. The number of nitriles is 1. The van der Waals surface area contributed by atoms with E-state index in [9.17, 15) is 18.5 Å². The second-order valence-corrected chi connectivity index (χ2v) is 11.2. The molecule has 8 nitrogen and oxygen atoms in total. The first kappa shape index (κ1) is 28.1. The van der Waals surface area contributed by atoms with E-state index in [-0.39, 0.29) is 35.9 Å². The molecule has 39 heavy (non-hydrogen) atoms. The zero-order valence-corrected chi connectivity index (χ0v) is 22.7. The van der Waals surface area contributed by atoms with Crippen molar-refractivity contribution in [3.63, 3.8) is 0 Å². The molecule has 0 saturated heterocycles. The maximum Gasteiger partial charge on any atom is 0.262 e. The van der Waals surface area contributed by atoms with Crippen molar-refractivity contribution in [1.29, 1.82) is 5.26 Å². The Labute approximate surface area is 236 Å². The van der Waals surface area contributed by atoms with Crippen LogP contribution in [0, 0.1) is 11.3 Å². The van der Waals surface area contributed by atoms with E-state index >= 15 is 0 Å². The molecule has 0 atom stereocenters. The van der Waals surface area contributed by atoms with Crippen molar-refractivity contribution in [2.45, 2.75) is 24.5 Å². The van der Waals surface area contributed by atoms with Crippen LogP contribution >= 0.6 is 23.2 Å². The largest absolute Gasteiger partial charge is 0.460 e. The summed E-state index contributed by atoms with van der Waals surface area (Å²) in [5, 5.41) is 13.1. The number of pyridine rings is 1. The molecule has 2 aromatic carbocycles. The van der Waals surface area contributed by atoms with Gasteiger partial charge in [0.2, 0.25) is 10.0 Å². The number of nitrogens with one attached hydrogen (secondary N) is 1. The van der Waals surface area contributed by atoms with Gasteiger partial charge in [-0.2, -0.15) is 9.57 Å². The number of halogens is 2. The number of hydrogen-bond acceptors (Lipinski definition) is 6. The Hall–Kier alpha value is -3.94. The van der Waals surface area contributed by atoms with Gasteiger partial charge in [0.1, 0.15) is 23.2 Å². The summed E-state index contributed by atoms with van der Waals surface area (Å²) in [6.07, 6.45) is 4.54. The number of amides is 1. The van der Waals surface area contributed by atoms with Gasteiger partial charge in [0.15, 0.2) is 0 Å². The minimum Gasteiger partial charge on any atom is -0.460 e. The Morgan fingerprint density at radius 3 is 2.31 bits per heavy atom. The molecule has 0 fully saturated rings. The lowest BCUT2D eigenvalue weighted by atomic mass is 10.2. The lowest BCUT2D eigenvalue weighted by Crippen LogP contribution is -2.30. The fourth-order valence-corrected chi connectivity index (χ4v) is 5.22. The van der Waals surface area contributed by atoms with E-state index in [0.29, 0.717) is 15.8 Å². The first-order valence-electron chi connectivity index (χ1n) is 11.6. The molecule has 0 unspecified atom stereocenters. The van der Waals surface area contributed by atoms with Crippen LogP contribution in [0.2, 0.25) is 10.0 Å². The third kappa shape index (κ3) is 7.56. The molecular weight excluding hydrogens is 559 g/mol. The van der Waals surface area contributed by atoms with Crippen LogP contribution in [-0.2, 0) is 34.5 Å². The summed E-state index contributed by atoms with van der Waals surface area (Å²) >= 11 is 11.9. The average Bonchev–Trinajstić information content (AvgIpc) is 3.39. The molecule has 0 saturated carbocycles. The van der Waals surface area contributed by atoms with Crippen molar-refractivity contribution < 1.29 is 17.6 Å². The smallest absolute Gasteiger partial charge is 0.262 e. The summed E-state index contributed by atoms with van der Waals surface area (Å²) in [7, 11) is -3.95. The van der Waals surface area contributed by atoms with Crippen molar-refractivity contribution in [3.05, 3.63) is 123 Å². The molecule has 0 bridgehead atoms. The number of hydrogen-bond donors (Lipinski definition) is 1. The van der Waals surface area contributed by atoms with E-state index < -0.39 is 15.9 Å². The molecule has 11 heteroatoms. The molecular formula is C28H22Cl2N4O4S. The maximum atomic E-state index is 13.5. The normalized spacial score (nSPS) is 11.8. The van der Waals surface area contributed by atoms with Gasteiger partial charge in [-0.1, -0.05) is 41.4 Å². The number of carbonyl (C=O) groups is 1. The van der Waals surface area contributed by atoms with Crippen molar-refractivity contribution in [1.82, 2.24) is 14.6 Å². The third-order valence-electron chi connectivity index (χ3n) is 5.57. The van der Waals surface area contributed by atoms with Gasteiger partial charge in [0, 0.05) is 41.6 Å². The van der Waals surface area contributed by atoms with Crippen molar-refractivity contribution in [2.75, 3.05) is 0 Å². The van der Waals surface area contributed by atoms with Crippen molar-refractivity contribution in [2.24, 2.45) is 0 Å². The molecule has 1 amide bonds. The zero-order valence-electron chi connectivity index (χ0n) is 20.4. The Bertz CT molecular complexity index is 1610. The lowest BCUT2D eigenvalue weighted by molar-refractivity contribution is -0.117. The van der Waals surface area contributed by atoms with Crippen molar-refractivity contribution in [3.8, 4) is 6.07 Å². The van der Waals surface area contributed by atoms with Crippen molar-refractivity contribution >= 4 is 45.2 Å². The monoisotopic (exact) mass is 580 g/mol. The molecule has 0 spiro atoms. The van der Waals surface area contributed by atoms with Crippen LogP contribution in [0.25, 0.3) is 6.08 Å². The highest BCUT2D eigenvalue weighted by atomic mass is 35.5. The minimum atomic E-state index is -3.95. The van der Waals surface area contributed by atoms with Crippen LogP contribution in [0.15, 0.2) is 100 Å². The molecule has 4 aromatic rings. The van der Waals surface area contributed by atoms with E-state index in [0.717, 1.165) is 11.1 Å². The molecule has 2 aromatic heterocycles. The molecule has 0 aliphatic rings. The molecule has 2 heterocycles. The fraction of sp³-hybridized carbons (Fsp3) is 0.107. The maximum absolute atomic E-state index is 13.5. The second kappa shape index (κ2) is 12.7. The molecule has 1 N–H and O–H groups in total. The van der Waals surface area contributed by atoms with E-state index in [1.807, 2.05) is 6.07 Å². The number of aromatic nitrogens is 1. The number of carbonyl (C=O) groups excluding carboxylic acids is 1. The standard InChI is InChI=1S/C28H22Cl2N4O4S/c29-23-5-3-20(4-6-23)18-34(39(36,37)27-11-7-24(30)8-12-27)19-26-10-9-25(38-26)14-22(15-31)28(35)33-17-21-2-1-13-32-16-21/h1-14,16H,17-19H2,(H,33,35)/b22-14-. The summed E-state index contributed by atoms with van der Waals surface area (Å²) in [6.45, 7) is 0.155. The predicted octanol–water partition coefficient (Wildman–Crippen LogP) is 5.60. The van der Waals surface area contributed by atoms with Gasteiger partial charge in [0.25, 0.3) is 5.91 Å². The number of furan rings is 1. The molecule has 0 aliphatic heterocycles. The van der Waals surface area contributed by atoms with Crippen LogP contribution < -0.4 is 5.32 Å².